The van der Waals surface area contributed by atoms with Gasteiger partial charge in [0.05, 0.1) is 0 Å². The van der Waals surface area contributed by atoms with E-state index < -0.39 is 0 Å². The van der Waals surface area contributed by atoms with Crippen molar-refractivity contribution in [2.75, 3.05) is 32.1 Å². The average Bonchev–Trinajstić information content (AvgIpc) is 2.75. The van der Waals surface area contributed by atoms with Gasteiger partial charge in [-0.3, -0.25) is 15.0 Å². The van der Waals surface area contributed by atoms with Gasteiger partial charge in [-0.05, 0) is 19.4 Å². The standard InChI is InChI=1S/C11H18ClN3O2/c12-4-3-10(16)13-11(17)15-7-6-14-5-1-2-9(14)8-15/h9H,1-8H2,(H,13,16,17). The van der Waals surface area contributed by atoms with Crippen molar-refractivity contribution in [3.8, 4) is 0 Å². The van der Waals surface area contributed by atoms with E-state index in [2.05, 4.69) is 10.2 Å². The van der Waals surface area contributed by atoms with Crippen LogP contribution in [0.15, 0.2) is 0 Å². The molecule has 0 spiro atoms. The van der Waals surface area contributed by atoms with Gasteiger partial charge in [0.25, 0.3) is 0 Å². The van der Waals surface area contributed by atoms with E-state index in [0.717, 1.165) is 26.1 Å². The van der Waals surface area contributed by atoms with Crippen LogP contribution in [0.3, 0.4) is 0 Å². The predicted octanol–water partition coefficient (Wildman–Crippen LogP) is 0.631. The predicted molar refractivity (Wildman–Crippen MR) is 65.0 cm³/mol. The Bertz CT molecular complexity index is 311. The molecule has 0 bridgehead atoms. The number of carbonyl (C=O) groups is 2. The number of fused-ring (bicyclic) bond motifs is 1. The van der Waals surface area contributed by atoms with Crippen LogP contribution in [-0.4, -0.2) is 59.8 Å². The second-order valence-electron chi connectivity index (χ2n) is 4.57. The Balaban J connectivity index is 1.82. The summed E-state index contributed by atoms with van der Waals surface area (Å²) in [5.74, 6) is -0.0472. The highest BCUT2D eigenvalue weighted by molar-refractivity contribution is 6.19. The number of rotatable bonds is 2. The zero-order valence-electron chi connectivity index (χ0n) is 9.82. The summed E-state index contributed by atoms with van der Waals surface area (Å²) in [6.45, 7) is 3.50. The van der Waals surface area contributed by atoms with Crippen molar-refractivity contribution < 1.29 is 9.59 Å². The fraction of sp³-hybridized carbons (Fsp3) is 0.818. The molecule has 2 heterocycles. The van der Waals surface area contributed by atoms with Crippen LogP contribution in [0.5, 0.6) is 0 Å². The normalized spacial score (nSPS) is 24.5. The van der Waals surface area contributed by atoms with E-state index in [1.54, 1.807) is 4.90 Å². The van der Waals surface area contributed by atoms with Crippen molar-refractivity contribution >= 4 is 23.5 Å². The SMILES string of the molecule is O=C(CCCl)NC(=O)N1CCN2CCCC2C1. The first-order valence-electron chi connectivity index (χ1n) is 6.09. The zero-order valence-corrected chi connectivity index (χ0v) is 10.6. The summed E-state index contributed by atoms with van der Waals surface area (Å²) in [5, 5.41) is 2.38. The minimum atomic E-state index is -0.293. The molecule has 0 aromatic rings. The number of alkyl halides is 1. The molecular formula is C11H18ClN3O2. The van der Waals surface area contributed by atoms with Gasteiger partial charge in [0.15, 0.2) is 0 Å². The fourth-order valence-electron chi connectivity index (χ4n) is 2.52. The molecule has 96 valence electrons. The second kappa shape index (κ2) is 5.69. The molecule has 2 rings (SSSR count). The van der Waals surface area contributed by atoms with Crippen LogP contribution >= 0.6 is 11.6 Å². The van der Waals surface area contributed by atoms with E-state index >= 15 is 0 Å². The zero-order chi connectivity index (χ0) is 12.3. The van der Waals surface area contributed by atoms with E-state index in [-0.39, 0.29) is 24.2 Å². The van der Waals surface area contributed by atoms with Crippen molar-refractivity contribution in [2.24, 2.45) is 0 Å². The number of halogens is 1. The summed E-state index contributed by atoms with van der Waals surface area (Å²) in [6, 6.07) is 0.212. The van der Waals surface area contributed by atoms with Gasteiger partial charge in [-0.2, -0.15) is 0 Å². The second-order valence-corrected chi connectivity index (χ2v) is 4.95. The lowest BCUT2D eigenvalue weighted by Crippen LogP contribution is -2.55. The van der Waals surface area contributed by atoms with Crippen LogP contribution in [0.25, 0.3) is 0 Å². The first kappa shape index (κ1) is 12.6. The monoisotopic (exact) mass is 259 g/mol. The number of amides is 3. The molecule has 3 amide bonds. The third-order valence-electron chi connectivity index (χ3n) is 3.44. The van der Waals surface area contributed by atoms with Gasteiger partial charge in [0.1, 0.15) is 0 Å². The van der Waals surface area contributed by atoms with Crippen LogP contribution in [0.4, 0.5) is 4.79 Å². The first-order chi connectivity index (χ1) is 8.20. The van der Waals surface area contributed by atoms with Gasteiger partial charge in [-0.25, -0.2) is 4.79 Å². The molecule has 1 unspecified atom stereocenters. The summed E-state index contributed by atoms with van der Waals surface area (Å²) in [5.41, 5.74) is 0. The highest BCUT2D eigenvalue weighted by atomic mass is 35.5. The fourth-order valence-corrected chi connectivity index (χ4v) is 2.69. The lowest BCUT2D eigenvalue weighted by atomic mass is 10.2. The molecule has 2 aliphatic heterocycles. The summed E-state index contributed by atoms with van der Waals surface area (Å²) < 4.78 is 0. The molecule has 0 aromatic carbocycles. The number of carbonyl (C=O) groups excluding carboxylic acids is 2. The Labute approximate surface area is 106 Å². The molecule has 0 aromatic heterocycles. The lowest BCUT2D eigenvalue weighted by molar-refractivity contribution is -0.119. The van der Waals surface area contributed by atoms with Gasteiger partial charge < -0.3 is 4.90 Å². The van der Waals surface area contributed by atoms with Crippen LogP contribution in [0, 0.1) is 0 Å². The number of imide groups is 1. The number of nitrogens with zero attached hydrogens (tertiary/aromatic N) is 2. The Morgan fingerprint density at radius 3 is 2.88 bits per heavy atom. The number of hydrogen-bond acceptors (Lipinski definition) is 3. The third-order valence-corrected chi connectivity index (χ3v) is 3.63. The van der Waals surface area contributed by atoms with Gasteiger partial charge >= 0.3 is 6.03 Å². The molecule has 1 N–H and O–H groups in total. The molecule has 2 saturated heterocycles. The Morgan fingerprint density at radius 1 is 1.29 bits per heavy atom. The van der Waals surface area contributed by atoms with Crippen molar-refractivity contribution in [2.45, 2.75) is 25.3 Å². The van der Waals surface area contributed by atoms with Crippen molar-refractivity contribution in [3.05, 3.63) is 0 Å². The van der Waals surface area contributed by atoms with Gasteiger partial charge in [-0.15, -0.1) is 11.6 Å². The average molecular weight is 260 g/mol. The van der Waals surface area contributed by atoms with Crippen molar-refractivity contribution in [3.63, 3.8) is 0 Å². The third kappa shape index (κ3) is 3.10. The number of piperazine rings is 1. The maximum Gasteiger partial charge on any atom is 0.324 e. The molecule has 0 saturated carbocycles. The molecule has 2 aliphatic rings. The summed E-state index contributed by atoms with van der Waals surface area (Å²) in [6.07, 6.45) is 2.56. The number of urea groups is 1. The van der Waals surface area contributed by atoms with E-state index in [0.29, 0.717) is 12.6 Å². The van der Waals surface area contributed by atoms with Crippen molar-refractivity contribution in [1.29, 1.82) is 0 Å². The molecular weight excluding hydrogens is 242 g/mol. The summed E-state index contributed by atoms with van der Waals surface area (Å²) in [4.78, 5) is 27.2. The van der Waals surface area contributed by atoms with Gasteiger partial charge in [0.2, 0.25) is 5.91 Å². The minimum Gasteiger partial charge on any atom is -0.322 e. The number of hydrogen-bond donors (Lipinski definition) is 1. The molecule has 5 nitrogen and oxygen atoms in total. The number of nitrogens with one attached hydrogen (secondary N) is 1. The van der Waals surface area contributed by atoms with E-state index in [1.807, 2.05) is 0 Å². The molecule has 2 fully saturated rings. The maximum atomic E-state index is 11.8. The van der Waals surface area contributed by atoms with Crippen LogP contribution in [0.2, 0.25) is 0 Å². The van der Waals surface area contributed by atoms with Crippen LogP contribution in [-0.2, 0) is 4.79 Å². The highest BCUT2D eigenvalue weighted by Crippen LogP contribution is 2.21. The first-order valence-corrected chi connectivity index (χ1v) is 6.63. The topological polar surface area (TPSA) is 52.7 Å². The Kier molecular flexibility index (Phi) is 4.23. The molecule has 0 aliphatic carbocycles. The Hall–Kier alpha value is -0.810. The molecule has 6 heteroatoms. The van der Waals surface area contributed by atoms with Gasteiger partial charge in [-0.1, -0.05) is 0 Å². The van der Waals surface area contributed by atoms with Crippen LogP contribution in [0.1, 0.15) is 19.3 Å². The molecule has 17 heavy (non-hydrogen) atoms. The largest absolute Gasteiger partial charge is 0.324 e. The molecule has 1 atom stereocenters. The van der Waals surface area contributed by atoms with Crippen LogP contribution < -0.4 is 5.32 Å². The van der Waals surface area contributed by atoms with E-state index in [9.17, 15) is 9.59 Å². The summed E-state index contributed by atoms with van der Waals surface area (Å²) in [7, 11) is 0. The van der Waals surface area contributed by atoms with E-state index in [4.69, 9.17) is 11.6 Å². The van der Waals surface area contributed by atoms with Gasteiger partial charge in [0, 0.05) is 38.0 Å². The quantitative estimate of drug-likeness (QED) is 0.740. The lowest BCUT2D eigenvalue weighted by Gasteiger charge is -2.37. The highest BCUT2D eigenvalue weighted by Gasteiger charge is 2.32. The minimum absolute atomic E-state index is 0.191. The van der Waals surface area contributed by atoms with E-state index in [1.165, 1.54) is 6.42 Å². The Morgan fingerprint density at radius 2 is 2.12 bits per heavy atom. The smallest absolute Gasteiger partial charge is 0.322 e. The summed E-state index contributed by atoms with van der Waals surface area (Å²) >= 11 is 5.45. The molecule has 0 radical (unpaired) electrons. The maximum absolute atomic E-state index is 11.8. The van der Waals surface area contributed by atoms with Crippen molar-refractivity contribution in [1.82, 2.24) is 15.1 Å².